The molecule has 15 heavy (non-hydrogen) atoms. The van der Waals surface area contributed by atoms with E-state index in [2.05, 4.69) is 0 Å². The van der Waals surface area contributed by atoms with Gasteiger partial charge in [0, 0.05) is 0 Å². The van der Waals surface area contributed by atoms with Crippen LogP contribution in [0, 0.1) is 0 Å². The molecule has 1 amide bonds. The van der Waals surface area contributed by atoms with Crippen molar-refractivity contribution >= 4 is 23.0 Å². The zero-order valence-electron chi connectivity index (χ0n) is 8.01. The number of amides is 1. The van der Waals surface area contributed by atoms with E-state index in [0.29, 0.717) is 10.4 Å². The van der Waals surface area contributed by atoms with Gasteiger partial charge in [0.1, 0.15) is 6.10 Å². The monoisotopic (exact) mass is 229 g/mol. The number of carbonyl (C=O) groups is 2. The number of hydrogen-bond donors (Lipinski definition) is 3. The van der Waals surface area contributed by atoms with Crippen molar-refractivity contribution in [3.05, 3.63) is 21.9 Å². The van der Waals surface area contributed by atoms with Gasteiger partial charge in [0.05, 0.1) is 4.88 Å². The van der Waals surface area contributed by atoms with Crippen LogP contribution in [0.1, 0.15) is 28.3 Å². The average Bonchev–Trinajstić information content (AvgIpc) is 2.64. The van der Waals surface area contributed by atoms with E-state index in [-0.39, 0.29) is 5.78 Å². The van der Waals surface area contributed by atoms with Gasteiger partial charge in [-0.2, -0.15) is 0 Å². The minimum absolute atomic E-state index is 0.132. The molecule has 1 aromatic heterocycles. The van der Waals surface area contributed by atoms with Gasteiger partial charge in [-0.05, 0) is 23.9 Å². The first-order chi connectivity index (χ1) is 6.93. The molecule has 2 unspecified atom stereocenters. The van der Waals surface area contributed by atoms with E-state index in [9.17, 15) is 19.8 Å². The Morgan fingerprint density at radius 1 is 1.47 bits per heavy atom. The molecule has 4 N–H and O–H groups in total. The number of aliphatic hydroxyl groups is 2. The molecule has 0 aliphatic carbocycles. The molecule has 2 atom stereocenters. The van der Waals surface area contributed by atoms with Crippen molar-refractivity contribution in [3.63, 3.8) is 0 Å². The highest BCUT2D eigenvalue weighted by atomic mass is 32.1. The van der Waals surface area contributed by atoms with Crippen LogP contribution in [0.3, 0.4) is 0 Å². The maximum Gasteiger partial charge on any atom is 0.249 e. The Kier molecular flexibility index (Phi) is 3.57. The van der Waals surface area contributed by atoms with Crippen LogP contribution in [0.25, 0.3) is 0 Å². The normalized spacial score (nSPS) is 14.6. The summed E-state index contributed by atoms with van der Waals surface area (Å²) in [7, 11) is 0. The highest BCUT2D eigenvalue weighted by molar-refractivity contribution is 7.12. The van der Waals surface area contributed by atoms with Gasteiger partial charge in [-0.1, -0.05) is 0 Å². The van der Waals surface area contributed by atoms with Crippen LogP contribution in [-0.4, -0.2) is 28.0 Å². The summed E-state index contributed by atoms with van der Waals surface area (Å²) in [6.07, 6.45) is -3.04. The number of hydrogen-bond acceptors (Lipinski definition) is 5. The zero-order chi connectivity index (χ0) is 11.6. The number of nitrogens with two attached hydrogens (primary N) is 1. The first kappa shape index (κ1) is 11.8. The Hall–Kier alpha value is -1.24. The van der Waals surface area contributed by atoms with Gasteiger partial charge in [0.25, 0.3) is 0 Å². The Labute approximate surface area is 90.1 Å². The summed E-state index contributed by atoms with van der Waals surface area (Å²) in [5.74, 6) is -1.13. The Balaban J connectivity index is 2.87. The number of primary amides is 1. The Morgan fingerprint density at radius 3 is 2.47 bits per heavy atom. The van der Waals surface area contributed by atoms with E-state index < -0.39 is 18.1 Å². The smallest absolute Gasteiger partial charge is 0.249 e. The SMILES string of the molecule is CC(=O)c1cc(C(O)C(O)C(N)=O)cs1. The fourth-order valence-corrected chi connectivity index (χ4v) is 1.87. The van der Waals surface area contributed by atoms with Crippen molar-refractivity contribution in [1.29, 1.82) is 0 Å². The minimum Gasteiger partial charge on any atom is -0.385 e. The molecule has 0 aliphatic rings. The van der Waals surface area contributed by atoms with Crippen LogP contribution in [0.15, 0.2) is 11.4 Å². The van der Waals surface area contributed by atoms with Crippen molar-refractivity contribution in [3.8, 4) is 0 Å². The number of thiophene rings is 1. The summed E-state index contributed by atoms with van der Waals surface area (Å²) in [5.41, 5.74) is 5.14. The van der Waals surface area contributed by atoms with Crippen LogP contribution in [0.4, 0.5) is 0 Å². The van der Waals surface area contributed by atoms with Crippen LogP contribution in [0.5, 0.6) is 0 Å². The molecule has 0 radical (unpaired) electrons. The van der Waals surface area contributed by atoms with E-state index >= 15 is 0 Å². The lowest BCUT2D eigenvalue weighted by atomic mass is 10.1. The second kappa shape index (κ2) is 4.52. The third kappa shape index (κ3) is 2.62. The molecule has 82 valence electrons. The lowest BCUT2D eigenvalue weighted by Crippen LogP contribution is -2.33. The molecule has 0 aliphatic heterocycles. The van der Waals surface area contributed by atoms with Crippen molar-refractivity contribution in [1.82, 2.24) is 0 Å². The summed E-state index contributed by atoms with van der Waals surface area (Å²) in [4.78, 5) is 22.0. The molecule has 1 aromatic rings. The van der Waals surface area contributed by atoms with Gasteiger partial charge < -0.3 is 15.9 Å². The van der Waals surface area contributed by atoms with Gasteiger partial charge in [0.2, 0.25) is 5.91 Å². The second-order valence-corrected chi connectivity index (χ2v) is 4.00. The lowest BCUT2D eigenvalue weighted by molar-refractivity contribution is -0.131. The standard InChI is InChI=1S/C9H11NO4S/c1-4(11)6-2-5(3-15-6)7(12)8(13)9(10)14/h2-3,7-8,12-13H,1H3,(H2,10,14). The molecule has 0 aromatic carbocycles. The number of Topliss-reactive ketones (excluding diaryl/α,β-unsaturated/α-hetero) is 1. The molecule has 0 saturated carbocycles. The predicted octanol–water partition coefficient (Wildman–Crippen LogP) is -0.170. The van der Waals surface area contributed by atoms with Crippen molar-refractivity contribution in [2.24, 2.45) is 5.73 Å². The highest BCUT2D eigenvalue weighted by Crippen LogP contribution is 2.23. The summed E-state index contributed by atoms with van der Waals surface area (Å²) in [6, 6.07) is 1.43. The number of aliphatic hydroxyl groups excluding tert-OH is 2. The molecule has 0 fully saturated rings. The van der Waals surface area contributed by atoms with Gasteiger partial charge in [-0.15, -0.1) is 11.3 Å². The maximum atomic E-state index is 11.0. The van der Waals surface area contributed by atoms with E-state index in [4.69, 9.17) is 5.73 Å². The molecular formula is C9H11NO4S. The quantitative estimate of drug-likeness (QED) is 0.624. The Morgan fingerprint density at radius 2 is 2.07 bits per heavy atom. The largest absolute Gasteiger partial charge is 0.385 e. The van der Waals surface area contributed by atoms with Gasteiger partial charge in [0.15, 0.2) is 11.9 Å². The molecule has 0 saturated heterocycles. The zero-order valence-corrected chi connectivity index (χ0v) is 8.82. The first-order valence-corrected chi connectivity index (χ1v) is 5.06. The molecule has 6 heteroatoms. The van der Waals surface area contributed by atoms with Gasteiger partial charge >= 0.3 is 0 Å². The summed E-state index contributed by atoms with van der Waals surface area (Å²) in [5, 5.41) is 20.2. The van der Waals surface area contributed by atoms with E-state index in [0.717, 1.165) is 11.3 Å². The molecule has 1 rings (SSSR count). The Bertz CT molecular complexity index is 387. The first-order valence-electron chi connectivity index (χ1n) is 4.18. The van der Waals surface area contributed by atoms with Crippen molar-refractivity contribution < 1.29 is 19.8 Å². The average molecular weight is 229 g/mol. The second-order valence-electron chi connectivity index (χ2n) is 3.09. The predicted molar refractivity (Wildman–Crippen MR) is 54.5 cm³/mol. The number of ketones is 1. The maximum absolute atomic E-state index is 11.0. The van der Waals surface area contributed by atoms with Crippen LogP contribution >= 0.6 is 11.3 Å². The van der Waals surface area contributed by atoms with E-state index in [1.807, 2.05) is 0 Å². The minimum atomic E-state index is -1.65. The molecular weight excluding hydrogens is 218 g/mol. The topological polar surface area (TPSA) is 101 Å². The highest BCUT2D eigenvalue weighted by Gasteiger charge is 2.24. The van der Waals surface area contributed by atoms with Crippen molar-refractivity contribution in [2.75, 3.05) is 0 Å². The summed E-state index contributed by atoms with van der Waals surface area (Å²) >= 11 is 1.14. The van der Waals surface area contributed by atoms with Crippen LogP contribution in [0.2, 0.25) is 0 Å². The molecule has 5 nitrogen and oxygen atoms in total. The van der Waals surface area contributed by atoms with Crippen LogP contribution in [-0.2, 0) is 4.79 Å². The number of rotatable bonds is 4. The third-order valence-corrected chi connectivity index (χ3v) is 2.95. The lowest BCUT2D eigenvalue weighted by Gasteiger charge is -2.12. The molecule has 1 heterocycles. The van der Waals surface area contributed by atoms with Gasteiger partial charge in [-0.3, -0.25) is 9.59 Å². The third-order valence-electron chi connectivity index (χ3n) is 1.90. The fourth-order valence-electron chi connectivity index (χ4n) is 1.03. The number of carbonyl (C=O) groups excluding carboxylic acids is 2. The molecule has 0 bridgehead atoms. The van der Waals surface area contributed by atoms with Crippen LogP contribution < -0.4 is 5.73 Å². The summed E-state index contributed by atoms with van der Waals surface area (Å²) in [6.45, 7) is 1.40. The van der Waals surface area contributed by atoms with Crippen molar-refractivity contribution in [2.45, 2.75) is 19.1 Å². The summed E-state index contributed by atoms with van der Waals surface area (Å²) < 4.78 is 0. The fraction of sp³-hybridized carbons (Fsp3) is 0.333. The van der Waals surface area contributed by atoms with E-state index in [1.54, 1.807) is 0 Å². The van der Waals surface area contributed by atoms with E-state index in [1.165, 1.54) is 18.4 Å². The molecule has 0 spiro atoms. The van der Waals surface area contributed by atoms with Gasteiger partial charge in [-0.25, -0.2) is 0 Å².